The van der Waals surface area contributed by atoms with E-state index in [4.69, 9.17) is 11.6 Å². The van der Waals surface area contributed by atoms with Crippen LogP contribution in [0.1, 0.15) is 32.1 Å². The maximum atomic E-state index is 11.5. The molecule has 2 rings (SSSR count). The Labute approximate surface area is 100 Å². The van der Waals surface area contributed by atoms with Crippen LogP contribution < -0.4 is 10.6 Å². The number of alkyl halides is 1. The first-order valence-corrected chi connectivity index (χ1v) is 6.40. The smallest absolute Gasteiger partial charge is 0.321 e. The number of hydrogen-bond donors (Lipinski definition) is 2. The van der Waals surface area contributed by atoms with Crippen molar-refractivity contribution in [3.63, 3.8) is 0 Å². The van der Waals surface area contributed by atoms with Gasteiger partial charge in [0.15, 0.2) is 0 Å². The highest BCUT2D eigenvalue weighted by Gasteiger charge is 2.42. The van der Waals surface area contributed by atoms with E-state index in [1.165, 1.54) is 25.7 Å². The van der Waals surface area contributed by atoms with Gasteiger partial charge in [0.25, 0.3) is 0 Å². The fraction of sp³-hybridized carbons (Fsp3) is 0.818. The predicted octanol–water partition coefficient (Wildman–Crippen LogP) is 1.63. The summed E-state index contributed by atoms with van der Waals surface area (Å²) in [5.74, 6) is 1.22. The highest BCUT2D eigenvalue weighted by atomic mass is 35.5. The van der Waals surface area contributed by atoms with Crippen LogP contribution >= 0.6 is 11.6 Å². The molecule has 0 radical (unpaired) electrons. The van der Waals surface area contributed by atoms with Gasteiger partial charge in [-0.2, -0.15) is 0 Å². The summed E-state index contributed by atoms with van der Waals surface area (Å²) in [7, 11) is 0. The zero-order valence-corrected chi connectivity index (χ0v) is 9.93. The van der Waals surface area contributed by atoms with Crippen molar-refractivity contribution in [3.8, 4) is 0 Å². The molecule has 0 aromatic carbocycles. The van der Waals surface area contributed by atoms with Gasteiger partial charge in [0, 0.05) is 18.3 Å². The summed E-state index contributed by atoms with van der Waals surface area (Å²) < 4.78 is 0. The predicted molar refractivity (Wildman–Crippen MR) is 61.2 cm³/mol. The van der Waals surface area contributed by atoms with E-state index in [0.29, 0.717) is 11.8 Å². The van der Waals surface area contributed by atoms with E-state index in [0.717, 1.165) is 0 Å². The Morgan fingerprint density at radius 2 is 1.75 bits per heavy atom. The highest BCUT2D eigenvalue weighted by Crippen LogP contribution is 2.44. The van der Waals surface area contributed by atoms with Crippen molar-refractivity contribution < 1.29 is 9.59 Å². The van der Waals surface area contributed by atoms with E-state index in [1.54, 1.807) is 0 Å². The summed E-state index contributed by atoms with van der Waals surface area (Å²) in [6.07, 6.45) is 5.01. The maximum Gasteiger partial charge on any atom is 0.321 e. The number of halogens is 1. The van der Waals surface area contributed by atoms with Gasteiger partial charge in [-0.25, -0.2) is 4.79 Å². The molecule has 2 aliphatic rings. The number of carbonyl (C=O) groups is 2. The van der Waals surface area contributed by atoms with Gasteiger partial charge in [-0.1, -0.05) is 0 Å². The maximum absolute atomic E-state index is 11.5. The molecule has 3 amide bonds. The summed E-state index contributed by atoms with van der Waals surface area (Å²) in [5, 5.41) is 5.22. The zero-order chi connectivity index (χ0) is 11.5. The van der Waals surface area contributed by atoms with Crippen LogP contribution in [0.3, 0.4) is 0 Å². The van der Waals surface area contributed by atoms with E-state index in [1.807, 2.05) is 0 Å². The Hall–Kier alpha value is -0.770. The molecule has 0 aromatic heterocycles. The largest absolute Gasteiger partial charge is 0.335 e. The molecule has 2 saturated carbocycles. The number of nitrogens with one attached hydrogen (secondary N) is 2. The number of urea groups is 1. The van der Waals surface area contributed by atoms with Gasteiger partial charge in [-0.05, 0) is 37.5 Å². The third-order valence-corrected chi connectivity index (χ3v) is 3.32. The van der Waals surface area contributed by atoms with Crippen LogP contribution in [0.4, 0.5) is 4.79 Å². The SMILES string of the molecule is O=C(CCCl)NC(=O)NC(C1CC1)C1CC1. The Bertz CT molecular complexity index is 276. The minimum atomic E-state index is -0.362. The average Bonchev–Trinajstić information content (AvgIpc) is 3.08. The van der Waals surface area contributed by atoms with Crippen LogP contribution in [0.5, 0.6) is 0 Å². The van der Waals surface area contributed by atoms with Crippen LogP contribution in [0, 0.1) is 11.8 Å². The molecule has 90 valence electrons. The molecule has 0 unspecified atom stereocenters. The molecule has 16 heavy (non-hydrogen) atoms. The van der Waals surface area contributed by atoms with Crippen LogP contribution in [-0.4, -0.2) is 23.9 Å². The van der Waals surface area contributed by atoms with Gasteiger partial charge in [-0.3, -0.25) is 10.1 Å². The van der Waals surface area contributed by atoms with Crippen molar-refractivity contribution in [2.24, 2.45) is 11.8 Å². The van der Waals surface area contributed by atoms with Crippen molar-refractivity contribution >= 4 is 23.5 Å². The topological polar surface area (TPSA) is 58.2 Å². The van der Waals surface area contributed by atoms with Gasteiger partial charge < -0.3 is 5.32 Å². The molecule has 0 bridgehead atoms. The summed E-state index contributed by atoms with van der Waals surface area (Å²) in [5.41, 5.74) is 0. The van der Waals surface area contributed by atoms with Crippen molar-refractivity contribution in [1.29, 1.82) is 0 Å². The van der Waals surface area contributed by atoms with Crippen molar-refractivity contribution in [2.75, 3.05) is 5.88 Å². The van der Waals surface area contributed by atoms with Crippen LogP contribution in [0.25, 0.3) is 0 Å². The third kappa shape index (κ3) is 3.37. The Morgan fingerprint density at radius 1 is 1.19 bits per heavy atom. The second-order valence-electron chi connectivity index (χ2n) is 4.66. The van der Waals surface area contributed by atoms with Crippen LogP contribution in [0.2, 0.25) is 0 Å². The van der Waals surface area contributed by atoms with Gasteiger partial charge in [0.05, 0.1) is 0 Å². The van der Waals surface area contributed by atoms with E-state index in [-0.39, 0.29) is 30.3 Å². The van der Waals surface area contributed by atoms with E-state index in [9.17, 15) is 9.59 Å². The lowest BCUT2D eigenvalue weighted by atomic mass is 10.1. The summed E-state index contributed by atoms with van der Waals surface area (Å²) in [6.45, 7) is 0. The summed E-state index contributed by atoms with van der Waals surface area (Å²) >= 11 is 5.41. The molecule has 0 aromatic rings. The van der Waals surface area contributed by atoms with Gasteiger partial charge in [0.2, 0.25) is 5.91 Å². The van der Waals surface area contributed by atoms with Crippen molar-refractivity contribution in [2.45, 2.75) is 38.1 Å². The lowest BCUT2D eigenvalue weighted by Crippen LogP contribution is -2.46. The van der Waals surface area contributed by atoms with E-state index in [2.05, 4.69) is 10.6 Å². The van der Waals surface area contributed by atoms with E-state index >= 15 is 0 Å². The first-order chi connectivity index (χ1) is 7.70. The van der Waals surface area contributed by atoms with Gasteiger partial charge >= 0.3 is 6.03 Å². The Morgan fingerprint density at radius 3 is 2.19 bits per heavy atom. The normalized spacial score (nSPS) is 19.6. The first kappa shape index (κ1) is 11.7. The molecule has 0 spiro atoms. The lowest BCUT2D eigenvalue weighted by molar-refractivity contribution is -0.119. The molecule has 2 aliphatic carbocycles. The van der Waals surface area contributed by atoms with Crippen molar-refractivity contribution in [3.05, 3.63) is 0 Å². The van der Waals surface area contributed by atoms with Crippen LogP contribution in [-0.2, 0) is 4.79 Å². The molecule has 0 saturated heterocycles. The number of imide groups is 1. The number of rotatable bonds is 5. The fourth-order valence-corrected chi connectivity index (χ4v) is 2.17. The van der Waals surface area contributed by atoms with E-state index < -0.39 is 0 Å². The number of amides is 3. The zero-order valence-electron chi connectivity index (χ0n) is 9.17. The van der Waals surface area contributed by atoms with Crippen LogP contribution in [0.15, 0.2) is 0 Å². The minimum Gasteiger partial charge on any atom is -0.335 e. The standard InChI is InChI=1S/C11H17ClN2O2/c12-6-5-9(15)13-11(16)14-10(7-1-2-7)8-3-4-8/h7-8,10H,1-6H2,(H2,13,14,15,16). The average molecular weight is 245 g/mol. The second kappa shape index (κ2) is 5.04. The first-order valence-electron chi connectivity index (χ1n) is 5.87. The number of carbonyl (C=O) groups excluding carboxylic acids is 2. The monoisotopic (exact) mass is 244 g/mol. The molecular weight excluding hydrogens is 228 g/mol. The molecule has 0 heterocycles. The molecule has 4 nitrogen and oxygen atoms in total. The van der Waals surface area contributed by atoms with Gasteiger partial charge in [-0.15, -0.1) is 11.6 Å². The van der Waals surface area contributed by atoms with Crippen molar-refractivity contribution in [1.82, 2.24) is 10.6 Å². The summed E-state index contributed by atoms with van der Waals surface area (Å²) in [6, 6.07) is -0.0808. The Balaban J connectivity index is 1.74. The molecule has 0 aliphatic heterocycles. The second-order valence-corrected chi connectivity index (χ2v) is 5.04. The quantitative estimate of drug-likeness (QED) is 0.723. The Kier molecular flexibility index (Phi) is 3.69. The minimum absolute atomic E-state index is 0.187. The highest BCUT2D eigenvalue weighted by molar-refractivity contribution is 6.19. The molecule has 2 N–H and O–H groups in total. The third-order valence-electron chi connectivity index (χ3n) is 3.13. The fourth-order valence-electron chi connectivity index (χ4n) is 1.99. The summed E-state index contributed by atoms with van der Waals surface area (Å²) in [4.78, 5) is 22.7. The number of hydrogen-bond acceptors (Lipinski definition) is 2. The molecular formula is C11H17ClN2O2. The van der Waals surface area contributed by atoms with Gasteiger partial charge in [0.1, 0.15) is 0 Å². The molecule has 0 atom stereocenters. The molecule has 2 fully saturated rings. The lowest BCUT2D eigenvalue weighted by Gasteiger charge is -2.17. The molecule has 5 heteroatoms.